The standard InChI is InChI=1S/C17H23NO3/c1-11(2)15-13(5-4-6-14(15)17(20)21)16(19)18-9-7-12(3)8-10-18/h4-6,11-12H,7-10H2,1-3H3,(H,20,21). The van der Waals surface area contributed by atoms with Crippen LogP contribution in [0.5, 0.6) is 0 Å². The molecule has 0 radical (unpaired) electrons. The molecule has 1 fully saturated rings. The monoisotopic (exact) mass is 289 g/mol. The molecule has 0 bridgehead atoms. The average molecular weight is 289 g/mol. The Kier molecular flexibility index (Phi) is 4.66. The molecule has 1 amide bonds. The molecule has 0 saturated carbocycles. The lowest BCUT2D eigenvalue weighted by Crippen LogP contribution is -2.38. The number of carboxylic acids is 1. The van der Waals surface area contributed by atoms with E-state index in [1.807, 2.05) is 18.7 Å². The molecule has 21 heavy (non-hydrogen) atoms. The van der Waals surface area contributed by atoms with Crippen molar-refractivity contribution in [2.75, 3.05) is 13.1 Å². The fraction of sp³-hybridized carbons (Fsp3) is 0.529. The molecule has 1 aliphatic rings. The number of hydrogen-bond donors (Lipinski definition) is 1. The van der Waals surface area contributed by atoms with Gasteiger partial charge in [0.05, 0.1) is 5.56 Å². The number of carbonyl (C=O) groups is 2. The van der Waals surface area contributed by atoms with Gasteiger partial charge in [-0.25, -0.2) is 4.79 Å². The van der Waals surface area contributed by atoms with E-state index in [0.717, 1.165) is 25.9 Å². The highest BCUT2D eigenvalue weighted by Gasteiger charge is 2.26. The van der Waals surface area contributed by atoms with Gasteiger partial charge < -0.3 is 10.0 Å². The molecular weight excluding hydrogens is 266 g/mol. The summed E-state index contributed by atoms with van der Waals surface area (Å²) in [6.07, 6.45) is 2.03. The summed E-state index contributed by atoms with van der Waals surface area (Å²) in [6.45, 7) is 7.57. The number of nitrogens with zero attached hydrogens (tertiary/aromatic N) is 1. The molecule has 1 aromatic rings. The highest BCUT2D eigenvalue weighted by Crippen LogP contribution is 2.27. The van der Waals surface area contributed by atoms with Gasteiger partial charge in [0.1, 0.15) is 0 Å². The van der Waals surface area contributed by atoms with Crippen molar-refractivity contribution >= 4 is 11.9 Å². The molecule has 0 aliphatic carbocycles. The average Bonchev–Trinajstić information content (AvgIpc) is 2.46. The number of benzene rings is 1. The molecule has 1 aliphatic heterocycles. The van der Waals surface area contributed by atoms with E-state index in [9.17, 15) is 14.7 Å². The number of piperidine rings is 1. The fourth-order valence-electron chi connectivity index (χ4n) is 2.94. The van der Waals surface area contributed by atoms with Crippen LogP contribution < -0.4 is 0 Å². The van der Waals surface area contributed by atoms with Crippen LogP contribution in [0.15, 0.2) is 18.2 Å². The minimum atomic E-state index is -0.972. The van der Waals surface area contributed by atoms with E-state index < -0.39 is 5.97 Å². The summed E-state index contributed by atoms with van der Waals surface area (Å²) < 4.78 is 0. The zero-order chi connectivity index (χ0) is 15.6. The number of hydrogen-bond acceptors (Lipinski definition) is 2. The molecule has 0 aromatic heterocycles. The summed E-state index contributed by atoms with van der Waals surface area (Å²) in [4.78, 5) is 26.0. The second kappa shape index (κ2) is 6.29. The van der Waals surface area contributed by atoms with E-state index >= 15 is 0 Å². The first-order valence-corrected chi connectivity index (χ1v) is 7.57. The minimum Gasteiger partial charge on any atom is -0.478 e. The Morgan fingerprint density at radius 1 is 1.19 bits per heavy atom. The molecule has 1 aromatic carbocycles. The molecule has 4 heteroatoms. The topological polar surface area (TPSA) is 57.6 Å². The highest BCUT2D eigenvalue weighted by molar-refractivity contribution is 6.00. The smallest absolute Gasteiger partial charge is 0.335 e. The second-order valence-corrected chi connectivity index (χ2v) is 6.20. The van der Waals surface area contributed by atoms with Gasteiger partial charge in [-0.05, 0) is 42.4 Å². The summed E-state index contributed by atoms with van der Waals surface area (Å²) in [6, 6.07) is 4.99. The summed E-state index contributed by atoms with van der Waals surface area (Å²) in [7, 11) is 0. The lowest BCUT2D eigenvalue weighted by atomic mass is 9.90. The third-order valence-corrected chi connectivity index (χ3v) is 4.22. The Morgan fingerprint density at radius 3 is 2.29 bits per heavy atom. The van der Waals surface area contributed by atoms with Gasteiger partial charge in [0.15, 0.2) is 0 Å². The molecule has 4 nitrogen and oxygen atoms in total. The van der Waals surface area contributed by atoms with Gasteiger partial charge in [-0.15, -0.1) is 0 Å². The van der Waals surface area contributed by atoms with E-state index in [4.69, 9.17) is 0 Å². The second-order valence-electron chi connectivity index (χ2n) is 6.20. The van der Waals surface area contributed by atoms with Crippen LogP contribution in [0.4, 0.5) is 0 Å². The van der Waals surface area contributed by atoms with Crippen molar-refractivity contribution in [2.45, 2.75) is 39.5 Å². The molecule has 1 saturated heterocycles. The third kappa shape index (κ3) is 3.26. The number of carboxylic acid groups (broad SMARTS) is 1. The van der Waals surface area contributed by atoms with E-state index in [2.05, 4.69) is 6.92 Å². The van der Waals surface area contributed by atoms with Crippen molar-refractivity contribution in [3.63, 3.8) is 0 Å². The van der Waals surface area contributed by atoms with Gasteiger partial charge >= 0.3 is 5.97 Å². The quantitative estimate of drug-likeness (QED) is 0.928. The maximum absolute atomic E-state index is 12.7. The van der Waals surface area contributed by atoms with Crippen molar-refractivity contribution in [1.29, 1.82) is 0 Å². The number of amides is 1. The van der Waals surface area contributed by atoms with Gasteiger partial charge in [-0.2, -0.15) is 0 Å². The van der Waals surface area contributed by atoms with Crippen LogP contribution >= 0.6 is 0 Å². The minimum absolute atomic E-state index is 0.0000332. The molecule has 1 heterocycles. The summed E-state index contributed by atoms with van der Waals surface area (Å²) in [5, 5.41) is 9.34. The molecule has 2 rings (SSSR count). The van der Waals surface area contributed by atoms with E-state index in [1.54, 1.807) is 18.2 Å². The predicted octanol–water partition coefficient (Wildman–Crippen LogP) is 3.38. The number of aromatic carboxylic acids is 1. The highest BCUT2D eigenvalue weighted by atomic mass is 16.4. The van der Waals surface area contributed by atoms with Gasteiger partial charge in [0, 0.05) is 18.7 Å². The lowest BCUT2D eigenvalue weighted by molar-refractivity contribution is 0.0693. The van der Waals surface area contributed by atoms with Gasteiger partial charge in [0.25, 0.3) is 5.91 Å². The van der Waals surface area contributed by atoms with Crippen molar-refractivity contribution < 1.29 is 14.7 Å². The van der Waals surface area contributed by atoms with Crippen LogP contribution in [0.3, 0.4) is 0 Å². The van der Waals surface area contributed by atoms with E-state index in [1.165, 1.54) is 0 Å². The van der Waals surface area contributed by atoms with Gasteiger partial charge in [0.2, 0.25) is 0 Å². The van der Waals surface area contributed by atoms with E-state index in [-0.39, 0.29) is 17.4 Å². The van der Waals surface area contributed by atoms with Gasteiger partial charge in [-0.3, -0.25) is 4.79 Å². The Balaban J connectivity index is 2.36. The van der Waals surface area contributed by atoms with Crippen LogP contribution in [0.1, 0.15) is 65.8 Å². The zero-order valence-electron chi connectivity index (χ0n) is 12.9. The van der Waals surface area contributed by atoms with Crippen molar-refractivity contribution in [1.82, 2.24) is 4.90 Å². The normalized spacial score (nSPS) is 16.3. The van der Waals surface area contributed by atoms with Crippen molar-refractivity contribution in [3.8, 4) is 0 Å². The van der Waals surface area contributed by atoms with Crippen molar-refractivity contribution in [3.05, 3.63) is 34.9 Å². The van der Waals surface area contributed by atoms with Gasteiger partial charge in [-0.1, -0.05) is 26.8 Å². The predicted molar refractivity (Wildman–Crippen MR) is 81.8 cm³/mol. The van der Waals surface area contributed by atoms with Crippen LogP contribution in [0.2, 0.25) is 0 Å². The Labute approximate surface area is 125 Å². The van der Waals surface area contributed by atoms with E-state index in [0.29, 0.717) is 17.0 Å². The summed E-state index contributed by atoms with van der Waals surface area (Å²) in [5.41, 5.74) is 1.43. The Hall–Kier alpha value is -1.84. The molecule has 114 valence electrons. The molecule has 0 unspecified atom stereocenters. The Morgan fingerprint density at radius 2 is 1.76 bits per heavy atom. The SMILES string of the molecule is CC1CCN(C(=O)c2cccc(C(=O)O)c2C(C)C)CC1. The van der Waals surface area contributed by atoms with Crippen LogP contribution in [0.25, 0.3) is 0 Å². The maximum Gasteiger partial charge on any atom is 0.335 e. The van der Waals surface area contributed by atoms with Crippen molar-refractivity contribution in [2.24, 2.45) is 5.92 Å². The van der Waals surface area contributed by atoms with Crippen LogP contribution in [0, 0.1) is 5.92 Å². The zero-order valence-corrected chi connectivity index (χ0v) is 12.9. The Bertz CT molecular complexity index is 543. The fourth-order valence-corrected chi connectivity index (χ4v) is 2.94. The third-order valence-electron chi connectivity index (χ3n) is 4.22. The molecule has 1 N–H and O–H groups in total. The molecule has 0 atom stereocenters. The lowest BCUT2D eigenvalue weighted by Gasteiger charge is -2.31. The number of likely N-dealkylation sites (tertiary alicyclic amines) is 1. The summed E-state index contributed by atoms with van der Waals surface area (Å²) >= 11 is 0. The first-order valence-electron chi connectivity index (χ1n) is 7.57. The maximum atomic E-state index is 12.7. The largest absolute Gasteiger partial charge is 0.478 e. The van der Waals surface area contributed by atoms with Crippen LogP contribution in [-0.4, -0.2) is 35.0 Å². The first-order chi connectivity index (χ1) is 9.91. The van der Waals surface area contributed by atoms with Crippen LogP contribution in [-0.2, 0) is 0 Å². The first kappa shape index (κ1) is 15.5. The molecule has 0 spiro atoms. The number of carbonyl (C=O) groups excluding carboxylic acids is 1. The number of rotatable bonds is 3. The molecular formula is C17H23NO3. The summed E-state index contributed by atoms with van der Waals surface area (Å²) in [5.74, 6) is -0.349.